The summed E-state index contributed by atoms with van der Waals surface area (Å²) in [5.74, 6) is 0.767. The third-order valence-corrected chi connectivity index (χ3v) is 3.13. The molecule has 0 spiro atoms. The molecule has 7 nitrogen and oxygen atoms in total. The Kier molecular flexibility index (Phi) is 4.28. The number of hydrogen-bond donors (Lipinski definition) is 1. The van der Waals surface area contributed by atoms with Crippen molar-refractivity contribution in [3.63, 3.8) is 0 Å². The van der Waals surface area contributed by atoms with E-state index in [1.807, 2.05) is 36.4 Å². The average Bonchev–Trinajstić information content (AvgIpc) is 2.61. The number of hydrogen-bond acceptors (Lipinski definition) is 6. The van der Waals surface area contributed by atoms with E-state index in [-0.39, 0.29) is 5.91 Å². The Labute approximate surface area is 132 Å². The number of pyridine rings is 1. The number of nitrogens with one attached hydrogen (secondary N) is 1. The molecule has 0 radical (unpaired) electrons. The van der Waals surface area contributed by atoms with E-state index in [0.29, 0.717) is 23.9 Å². The first kappa shape index (κ1) is 14.7. The molecule has 23 heavy (non-hydrogen) atoms. The number of amides is 1. The molecular formula is C16H14N6O. The van der Waals surface area contributed by atoms with Gasteiger partial charge in [-0.1, -0.05) is 30.3 Å². The van der Waals surface area contributed by atoms with Crippen LogP contribution in [-0.2, 0) is 11.3 Å². The summed E-state index contributed by atoms with van der Waals surface area (Å²) in [6.07, 6.45) is 1.67. The summed E-state index contributed by atoms with van der Waals surface area (Å²) in [7, 11) is 0. The standard InChI is InChI=1S/C16H14N6O/c1-11(23)18-10-12-5-7-13(8-6-12)15-19-21-16(22-20-15)14-4-2-3-9-17-14/h2-9H,10H2,1H3,(H,18,23). The zero-order valence-electron chi connectivity index (χ0n) is 12.5. The van der Waals surface area contributed by atoms with E-state index in [1.54, 1.807) is 12.3 Å². The zero-order valence-corrected chi connectivity index (χ0v) is 12.5. The lowest BCUT2D eigenvalue weighted by Crippen LogP contribution is -2.18. The minimum absolute atomic E-state index is 0.0593. The number of benzene rings is 1. The van der Waals surface area contributed by atoms with Gasteiger partial charge in [-0.15, -0.1) is 20.4 Å². The summed E-state index contributed by atoms with van der Waals surface area (Å²) in [4.78, 5) is 15.1. The third-order valence-electron chi connectivity index (χ3n) is 3.13. The Hall–Kier alpha value is -3.22. The van der Waals surface area contributed by atoms with Crippen LogP contribution >= 0.6 is 0 Å². The van der Waals surface area contributed by atoms with Crippen molar-refractivity contribution in [2.24, 2.45) is 0 Å². The smallest absolute Gasteiger partial charge is 0.221 e. The fourth-order valence-corrected chi connectivity index (χ4v) is 1.94. The summed E-state index contributed by atoms with van der Waals surface area (Å²) in [5.41, 5.74) is 2.43. The van der Waals surface area contributed by atoms with Crippen molar-refractivity contribution < 1.29 is 4.79 Å². The molecule has 2 heterocycles. The first-order valence-electron chi connectivity index (χ1n) is 7.05. The Morgan fingerprint density at radius 2 is 1.65 bits per heavy atom. The minimum Gasteiger partial charge on any atom is -0.352 e. The Morgan fingerprint density at radius 1 is 0.957 bits per heavy atom. The minimum atomic E-state index is -0.0593. The van der Waals surface area contributed by atoms with Crippen molar-refractivity contribution >= 4 is 5.91 Å². The highest BCUT2D eigenvalue weighted by molar-refractivity contribution is 5.72. The van der Waals surface area contributed by atoms with Crippen LogP contribution in [0.25, 0.3) is 22.9 Å². The molecule has 0 fully saturated rings. The lowest BCUT2D eigenvalue weighted by molar-refractivity contribution is -0.119. The fourth-order valence-electron chi connectivity index (χ4n) is 1.94. The molecule has 0 aliphatic rings. The van der Waals surface area contributed by atoms with Gasteiger partial charge in [-0.3, -0.25) is 9.78 Å². The van der Waals surface area contributed by atoms with E-state index >= 15 is 0 Å². The molecule has 1 aromatic carbocycles. The van der Waals surface area contributed by atoms with Crippen LogP contribution in [0.15, 0.2) is 48.7 Å². The van der Waals surface area contributed by atoms with Gasteiger partial charge in [-0.05, 0) is 17.7 Å². The lowest BCUT2D eigenvalue weighted by Gasteiger charge is -2.04. The number of aromatic nitrogens is 5. The summed E-state index contributed by atoms with van der Waals surface area (Å²) < 4.78 is 0. The second kappa shape index (κ2) is 6.69. The first-order chi connectivity index (χ1) is 11.2. The van der Waals surface area contributed by atoms with E-state index in [4.69, 9.17) is 0 Å². The quantitative estimate of drug-likeness (QED) is 0.787. The Balaban J connectivity index is 1.76. The van der Waals surface area contributed by atoms with Gasteiger partial charge in [0.05, 0.1) is 0 Å². The van der Waals surface area contributed by atoms with Crippen molar-refractivity contribution in [3.05, 3.63) is 54.2 Å². The maximum atomic E-state index is 10.9. The molecule has 0 unspecified atom stereocenters. The molecule has 1 amide bonds. The van der Waals surface area contributed by atoms with Crippen LogP contribution in [0.1, 0.15) is 12.5 Å². The fraction of sp³-hybridized carbons (Fsp3) is 0.125. The van der Waals surface area contributed by atoms with E-state index in [2.05, 4.69) is 30.7 Å². The Bertz CT molecular complexity index is 787. The molecule has 3 aromatic rings. The van der Waals surface area contributed by atoms with Gasteiger partial charge in [0.15, 0.2) is 0 Å². The van der Waals surface area contributed by atoms with Crippen LogP contribution in [0.5, 0.6) is 0 Å². The molecule has 1 N–H and O–H groups in total. The lowest BCUT2D eigenvalue weighted by atomic mass is 10.1. The summed E-state index contributed by atoms with van der Waals surface area (Å²) >= 11 is 0. The molecular weight excluding hydrogens is 292 g/mol. The molecule has 0 saturated heterocycles. The van der Waals surface area contributed by atoms with Gasteiger partial charge < -0.3 is 5.32 Å². The summed E-state index contributed by atoms with van der Waals surface area (Å²) in [6.45, 7) is 1.98. The molecule has 2 aromatic heterocycles. The molecule has 0 aliphatic carbocycles. The van der Waals surface area contributed by atoms with Crippen LogP contribution in [0.3, 0.4) is 0 Å². The van der Waals surface area contributed by atoms with Crippen molar-refractivity contribution in [2.75, 3.05) is 0 Å². The molecule has 7 heteroatoms. The van der Waals surface area contributed by atoms with E-state index in [9.17, 15) is 4.79 Å². The Morgan fingerprint density at radius 3 is 2.26 bits per heavy atom. The van der Waals surface area contributed by atoms with Crippen molar-refractivity contribution in [2.45, 2.75) is 13.5 Å². The van der Waals surface area contributed by atoms with Gasteiger partial charge in [-0.25, -0.2) is 0 Å². The highest BCUT2D eigenvalue weighted by Gasteiger charge is 2.07. The van der Waals surface area contributed by atoms with Crippen LogP contribution in [-0.4, -0.2) is 31.3 Å². The molecule has 0 bridgehead atoms. The van der Waals surface area contributed by atoms with E-state index in [0.717, 1.165) is 11.1 Å². The van der Waals surface area contributed by atoms with Crippen LogP contribution < -0.4 is 5.32 Å². The molecule has 0 saturated carbocycles. The summed E-state index contributed by atoms with van der Waals surface area (Å²) in [6, 6.07) is 13.0. The van der Waals surface area contributed by atoms with Crippen LogP contribution in [0.4, 0.5) is 0 Å². The van der Waals surface area contributed by atoms with Gasteiger partial charge in [0.2, 0.25) is 17.6 Å². The van der Waals surface area contributed by atoms with Gasteiger partial charge in [0.25, 0.3) is 0 Å². The SMILES string of the molecule is CC(=O)NCc1ccc(-c2nnc(-c3ccccn3)nn2)cc1. The van der Waals surface area contributed by atoms with Crippen molar-refractivity contribution in [1.82, 2.24) is 30.7 Å². The van der Waals surface area contributed by atoms with Crippen molar-refractivity contribution in [3.8, 4) is 22.9 Å². The highest BCUT2D eigenvalue weighted by atomic mass is 16.1. The maximum absolute atomic E-state index is 10.9. The highest BCUT2D eigenvalue weighted by Crippen LogP contribution is 2.15. The molecule has 114 valence electrons. The zero-order chi connectivity index (χ0) is 16.1. The van der Waals surface area contributed by atoms with Crippen LogP contribution in [0, 0.1) is 0 Å². The maximum Gasteiger partial charge on any atom is 0.221 e. The topological polar surface area (TPSA) is 93.6 Å². The largest absolute Gasteiger partial charge is 0.352 e. The average molecular weight is 306 g/mol. The number of carbonyl (C=O) groups excluding carboxylic acids is 1. The monoisotopic (exact) mass is 306 g/mol. The third kappa shape index (κ3) is 3.70. The predicted octanol–water partition coefficient (Wildman–Crippen LogP) is 1.63. The van der Waals surface area contributed by atoms with Gasteiger partial charge in [0, 0.05) is 25.2 Å². The predicted molar refractivity (Wildman–Crippen MR) is 83.8 cm³/mol. The molecule has 0 atom stereocenters. The first-order valence-corrected chi connectivity index (χ1v) is 7.05. The van der Waals surface area contributed by atoms with E-state index in [1.165, 1.54) is 6.92 Å². The second-order valence-corrected chi connectivity index (χ2v) is 4.87. The molecule has 0 aliphatic heterocycles. The van der Waals surface area contributed by atoms with E-state index < -0.39 is 0 Å². The van der Waals surface area contributed by atoms with Crippen molar-refractivity contribution in [1.29, 1.82) is 0 Å². The number of rotatable bonds is 4. The van der Waals surface area contributed by atoms with Gasteiger partial charge >= 0.3 is 0 Å². The summed E-state index contributed by atoms with van der Waals surface area (Å²) in [5, 5.41) is 19.1. The van der Waals surface area contributed by atoms with Gasteiger partial charge in [-0.2, -0.15) is 0 Å². The molecule has 3 rings (SSSR count). The second-order valence-electron chi connectivity index (χ2n) is 4.87. The van der Waals surface area contributed by atoms with Crippen LogP contribution in [0.2, 0.25) is 0 Å². The number of nitrogens with zero attached hydrogens (tertiary/aromatic N) is 5. The van der Waals surface area contributed by atoms with Gasteiger partial charge in [0.1, 0.15) is 5.69 Å². The normalized spacial score (nSPS) is 10.3. The number of carbonyl (C=O) groups is 1.